The van der Waals surface area contributed by atoms with Crippen molar-refractivity contribution in [2.75, 3.05) is 0 Å². The number of halogens is 1. The predicted molar refractivity (Wildman–Crippen MR) is 118 cm³/mol. The minimum absolute atomic E-state index is 0.156. The molecule has 0 unspecified atom stereocenters. The average Bonchev–Trinajstić information content (AvgIpc) is 3.30. The molecule has 2 heterocycles. The van der Waals surface area contributed by atoms with Crippen LogP contribution in [-0.2, 0) is 4.79 Å². The lowest BCUT2D eigenvalue weighted by Crippen LogP contribution is -2.19. The van der Waals surface area contributed by atoms with E-state index in [4.69, 9.17) is 16.0 Å². The van der Waals surface area contributed by atoms with Crippen molar-refractivity contribution in [1.82, 2.24) is 5.32 Å². The van der Waals surface area contributed by atoms with Crippen LogP contribution in [0.5, 0.6) is 0 Å². The van der Waals surface area contributed by atoms with E-state index in [1.54, 1.807) is 24.3 Å². The molecular formula is C21H14ClN3O4S. The molecule has 0 atom stereocenters. The Hall–Kier alpha value is -3.36. The number of hydrogen-bond donors (Lipinski definition) is 1. The Morgan fingerprint density at radius 1 is 1.17 bits per heavy atom. The molecule has 2 aromatic carbocycles. The molecule has 1 N–H and O–H groups in total. The van der Waals surface area contributed by atoms with Gasteiger partial charge in [-0.3, -0.25) is 14.9 Å². The number of benzene rings is 2. The molecule has 0 bridgehead atoms. The van der Waals surface area contributed by atoms with Crippen LogP contribution in [0.4, 0.5) is 11.4 Å². The molecule has 3 aromatic rings. The Morgan fingerprint density at radius 3 is 2.67 bits per heavy atom. The van der Waals surface area contributed by atoms with Gasteiger partial charge in [-0.15, -0.1) is 0 Å². The van der Waals surface area contributed by atoms with Crippen molar-refractivity contribution in [2.45, 2.75) is 6.92 Å². The summed E-state index contributed by atoms with van der Waals surface area (Å²) >= 11 is 7.05. The number of amides is 1. The summed E-state index contributed by atoms with van der Waals surface area (Å²) in [4.78, 5) is 27.9. The van der Waals surface area contributed by atoms with Gasteiger partial charge in [-0.2, -0.15) is 0 Å². The first-order valence-corrected chi connectivity index (χ1v) is 9.99. The minimum Gasteiger partial charge on any atom is -0.456 e. The maximum Gasteiger partial charge on any atom is 0.281 e. The summed E-state index contributed by atoms with van der Waals surface area (Å²) in [5.41, 5.74) is 2.01. The third-order valence-corrected chi connectivity index (χ3v) is 5.38. The standard InChI is InChI=1S/C21H14ClN3O4S/c1-12-2-5-14(6-3-12)23-21-24-20(26)19(30-21)11-15-7-9-18(29-15)16-8-4-13(22)10-17(16)25(27)28/h2-11H,1H3,(H,23,24,26)/b19-11-. The van der Waals surface area contributed by atoms with E-state index >= 15 is 0 Å². The van der Waals surface area contributed by atoms with Gasteiger partial charge in [0.2, 0.25) is 0 Å². The van der Waals surface area contributed by atoms with Crippen LogP contribution in [0, 0.1) is 17.0 Å². The van der Waals surface area contributed by atoms with Gasteiger partial charge in [0.25, 0.3) is 11.6 Å². The van der Waals surface area contributed by atoms with Gasteiger partial charge >= 0.3 is 0 Å². The molecule has 1 aromatic heterocycles. The number of nitro groups is 1. The zero-order valence-electron chi connectivity index (χ0n) is 15.6. The summed E-state index contributed by atoms with van der Waals surface area (Å²) in [5, 5.41) is 14.8. The Morgan fingerprint density at radius 2 is 1.93 bits per heavy atom. The van der Waals surface area contributed by atoms with Crippen LogP contribution in [0.1, 0.15) is 11.3 Å². The van der Waals surface area contributed by atoms with E-state index in [1.807, 2.05) is 31.2 Å². The van der Waals surface area contributed by atoms with Crippen LogP contribution in [0.3, 0.4) is 0 Å². The van der Waals surface area contributed by atoms with Gasteiger partial charge in [-0.05, 0) is 55.1 Å². The molecule has 30 heavy (non-hydrogen) atoms. The summed E-state index contributed by atoms with van der Waals surface area (Å²) in [5.74, 6) is 0.409. The molecule has 4 rings (SSSR count). The third-order valence-electron chi connectivity index (χ3n) is 4.24. The molecule has 1 saturated heterocycles. The Balaban J connectivity index is 1.58. The van der Waals surface area contributed by atoms with E-state index in [0.29, 0.717) is 27.2 Å². The molecule has 9 heteroatoms. The van der Waals surface area contributed by atoms with Gasteiger partial charge < -0.3 is 9.73 Å². The van der Waals surface area contributed by atoms with Gasteiger partial charge in [0, 0.05) is 17.2 Å². The van der Waals surface area contributed by atoms with Crippen molar-refractivity contribution >= 4 is 51.9 Å². The van der Waals surface area contributed by atoms with Crippen molar-refractivity contribution in [2.24, 2.45) is 4.99 Å². The van der Waals surface area contributed by atoms with Crippen molar-refractivity contribution in [3.8, 4) is 11.3 Å². The lowest BCUT2D eigenvalue weighted by molar-refractivity contribution is -0.384. The van der Waals surface area contributed by atoms with E-state index in [1.165, 1.54) is 23.9 Å². The topological polar surface area (TPSA) is 97.7 Å². The number of nitrogens with zero attached hydrogens (tertiary/aromatic N) is 2. The minimum atomic E-state index is -0.518. The molecule has 0 radical (unpaired) electrons. The SMILES string of the molecule is Cc1ccc(N=C2NC(=O)/C(=C/c3ccc(-c4ccc(Cl)cc4[N+](=O)[O-])o3)S2)cc1. The summed E-state index contributed by atoms with van der Waals surface area (Å²) in [6.07, 6.45) is 1.57. The lowest BCUT2D eigenvalue weighted by atomic mass is 10.1. The molecule has 0 spiro atoms. The quantitative estimate of drug-likeness (QED) is 0.319. The highest BCUT2D eigenvalue weighted by Gasteiger charge is 2.25. The molecule has 1 aliphatic heterocycles. The number of carbonyl (C=O) groups is 1. The van der Waals surface area contributed by atoms with Gasteiger partial charge in [-0.25, -0.2) is 4.99 Å². The highest BCUT2D eigenvalue weighted by Crippen LogP contribution is 2.35. The second kappa shape index (κ2) is 8.17. The van der Waals surface area contributed by atoms with E-state index in [-0.39, 0.29) is 16.6 Å². The third kappa shape index (κ3) is 4.29. The van der Waals surface area contributed by atoms with Crippen molar-refractivity contribution in [1.29, 1.82) is 0 Å². The average molecular weight is 440 g/mol. The summed E-state index contributed by atoms with van der Waals surface area (Å²) < 4.78 is 5.72. The molecular weight excluding hydrogens is 426 g/mol. The zero-order chi connectivity index (χ0) is 21.3. The predicted octanol–water partition coefficient (Wildman–Crippen LogP) is 5.71. The van der Waals surface area contributed by atoms with Gasteiger partial charge in [0.1, 0.15) is 11.5 Å². The molecule has 1 aliphatic rings. The first-order chi connectivity index (χ1) is 14.4. The second-order valence-electron chi connectivity index (χ2n) is 6.44. The lowest BCUT2D eigenvalue weighted by Gasteiger charge is -2.00. The number of furan rings is 1. The van der Waals surface area contributed by atoms with Gasteiger partial charge in [0.15, 0.2) is 5.17 Å². The number of carbonyl (C=O) groups excluding carboxylic acids is 1. The molecule has 1 fully saturated rings. The van der Waals surface area contributed by atoms with Crippen LogP contribution in [0.25, 0.3) is 17.4 Å². The fourth-order valence-electron chi connectivity index (χ4n) is 2.79. The summed E-state index contributed by atoms with van der Waals surface area (Å²) in [7, 11) is 0. The molecule has 1 amide bonds. The van der Waals surface area contributed by atoms with Crippen LogP contribution < -0.4 is 5.32 Å². The second-order valence-corrected chi connectivity index (χ2v) is 7.90. The fraction of sp³-hybridized carbons (Fsp3) is 0.0476. The normalized spacial score (nSPS) is 16.3. The van der Waals surface area contributed by atoms with Crippen molar-refractivity contribution in [3.05, 3.63) is 86.0 Å². The Labute approximate surface area is 180 Å². The van der Waals surface area contributed by atoms with Crippen molar-refractivity contribution in [3.63, 3.8) is 0 Å². The number of aliphatic imine (C=N–C) groups is 1. The van der Waals surface area contributed by atoms with Crippen LogP contribution in [0.2, 0.25) is 5.02 Å². The van der Waals surface area contributed by atoms with Crippen LogP contribution in [0.15, 0.2) is 68.9 Å². The van der Waals surface area contributed by atoms with Gasteiger partial charge in [-0.1, -0.05) is 29.3 Å². The fourth-order valence-corrected chi connectivity index (χ4v) is 3.77. The largest absolute Gasteiger partial charge is 0.456 e. The number of thioether (sulfide) groups is 1. The van der Waals surface area contributed by atoms with Crippen LogP contribution >= 0.6 is 23.4 Å². The number of hydrogen-bond acceptors (Lipinski definition) is 6. The smallest absolute Gasteiger partial charge is 0.281 e. The summed E-state index contributed by atoms with van der Waals surface area (Å²) in [6.45, 7) is 1.99. The number of nitro benzene ring substituents is 1. The molecule has 0 saturated carbocycles. The monoisotopic (exact) mass is 439 g/mol. The first kappa shape index (κ1) is 19.9. The summed E-state index contributed by atoms with van der Waals surface area (Å²) in [6, 6.07) is 15.2. The number of amidine groups is 1. The van der Waals surface area contributed by atoms with E-state index in [0.717, 1.165) is 11.3 Å². The zero-order valence-corrected chi connectivity index (χ0v) is 17.2. The number of nitrogens with one attached hydrogen (secondary N) is 1. The highest BCUT2D eigenvalue weighted by atomic mass is 35.5. The first-order valence-electron chi connectivity index (χ1n) is 8.79. The van der Waals surface area contributed by atoms with E-state index in [9.17, 15) is 14.9 Å². The van der Waals surface area contributed by atoms with Crippen LogP contribution in [-0.4, -0.2) is 16.0 Å². The maximum absolute atomic E-state index is 12.3. The van der Waals surface area contributed by atoms with Crippen molar-refractivity contribution < 1.29 is 14.1 Å². The van der Waals surface area contributed by atoms with E-state index in [2.05, 4.69) is 10.3 Å². The number of aryl methyl sites for hydroxylation is 1. The highest BCUT2D eigenvalue weighted by molar-refractivity contribution is 8.18. The van der Waals surface area contributed by atoms with E-state index < -0.39 is 4.92 Å². The number of rotatable bonds is 4. The van der Waals surface area contributed by atoms with Gasteiger partial charge in [0.05, 0.1) is 21.1 Å². The Bertz CT molecular complexity index is 1220. The maximum atomic E-state index is 12.3. The molecule has 7 nitrogen and oxygen atoms in total. The Kier molecular flexibility index (Phi) is 5.43. The molecule has 150 valence electrons. The molecule has 0 aliphatic carbocycles.